The van der Waals surface area contributed by atoms with Gasteiger partial charge in [0, 0.05) is 95.2 Å². The molecule has 662 valence electrons. The van der Waals surface area contributed by atoms with Crippen molar-refractivity contribution in [2.45, 2.75) is 94.4 Å². The predicted molar refractivity (Wildman–Crippen MR) is 506 cm³/mol. The Morgan fingerprint density at radius 3 is 1.15 bits per heavy atom. The van der Waals surface area contributed by atoms with Crippen LogP contribution in [0.1, 0.15) is 64.2 Å². The molecule has 5 aliphatic rings. The molecule has 0 amide bonds. The lowest BCUT2D eigenvalue weighted by Crippen LogP contribution is -2.32. The summed E-state index contributed by atoms with van der Waals surface area (Å²) in [6.45, 7) is 5.77. The van der Waals surface area contributed by atoms with Gasteiger partial charge in [-0.25, -0.2) is 34.9 Å². The number of nitrogens with two attached hydrogens (primary N) is 1. The molecule has 19 rings (SSSR count). The summed E-state index contributed by atoms with van der Waals surface area (Å²) in [5.74, 6) is 7.12. The van der Waals surface area contributed by atoms with Crippen LogP contribution in [-0.2, 0) is 0 Å². The van der Waals surface area contributed by atoms with Gasteiger partial charge in [-0.05, 0) is 125 Å². The zero-order chi connectivity index (χ0) is 88.8. The number of ether oxygens (including phenoxy) is 6. The van der Waals surface area contributed by atoms with Gasteiger partial charge in [-0.15, -0.1) is 0 Å². The van der Waals surface area contributed by atoms with Crippen LogP contribution in [0.25, 0.3) is 65.9 Å². The van der Waals surface area contributed by atoms with Crippen molar-refractivity contribution in [1.29, 1.82) is 0 Å². The lowest BCUT2D eigenvalue weighted by molar-refractivity contribution is 0.255. The Morgan fingerprint density at radius 1 is 0.389 bits per heavy atom. The molecule has 0 spiro atoms. The van der Waals surface area contributed by atoms with Crippen LogP contribution in [0.4, 0.5) is 40.5 Å². The number of aliphatic hydroxyl groups is 5. The van der Waals surface area contributed by atoms with Crippen molar-refractivity contribution in [2.75, 3.05) is 139 Å². The first-order chi connectivity index (χ1) is 61.4. The SMILES string of the molecule is COc1cc(-n2cnc(N)c2)cc(OC)c1OC.COc1cc(-n2cnc(Nc3cc(N4CCC[C@H]4CO)nc4ccccc34)c2)cc(OC)c1OC.Clc1cc(Cl)c2ccccc2n1.OC[C@@H]1CCCN1.OC[C@@H]1CCCN1c1cc(Cl)c2ccccc2n1.OC[C@@H]1CCCN1c1cc(Cl)c2ccccc2n1.OC[C@@H]1CCCN1c1cc(Cl)nc2ccccc12. The Balaban J connectivity index is 0.000000131. The Labute approximate surface area is 757 Å². The molecule has 32 heteroatoms. The second-order valence-corrected chi connectivity index (χ2v) is 32.4. The molecule has 9 N–H and O–H groups in total. The normalized spacial score (nSPS) is 16.9. The van der Waals surface area contributed by atoms with E-state index in [2.05, 4.69) is 66.2 Å². The maximum Gasteiger partial charge on any atom is 0.203 e. The smallest absolute Gasteiger partial charge is 0.203 e. The number of halogens is 5. The highest BCUT2D eigenvalue weighted by Crippen LogP contribution is 2.43. The quantitative estimate of drug-likeness (QED) is 0.0349. The van der Waals surface area contributed by atoms with Gasteiger partial charge in [0.2, 0.25) is 11.5 Å². The minimum atomic E-state index is 0.0933. The maximum absolute atomic E-state index is 9.81. The van der Waals surface area contributed by atoms with Crippen molar-refractivity contribution < 1.29 is 54.0 Å². The molecule has 0 saturated carbocycles. The van der Waals surface area contributed by atoms with Crippen molar-refractivity contribution in [3.05, 3.63) is 226 Å². The third-order valence-corrected chi connectivity index (χ3v) is 23.9. The maximum atomic E-state index is 9.81. The molecule has 12 heterocycles. The summed E-state index contributed by atoms with van der Waals surface area (Å²) in [5, 5.41) is 61.1. The number of nitrogen functional groups attached to an aromatic ring is 1. The number of hydrogen-bond donors (Lipinski definition) is 8. The first-order valence-electron chi connectivity index (χ1n) is 41.7. The summed E-state index contributed by atoms with van der Waals surface area (Å²) in [7, 11) is 9.48. The zero-order valence-electron chi connectivity index (χ0n) is 71.0. The van der Waals surface area contributed by atoms with E-state index in [9.17, 15) is 20.4 Å². The van der Waals surface area contributed by atoms with Gasteiger partial charge in [-0.3, -0.25) is 0 Å². The van der Waals surface area contributed by atoms with Gasteiger partial charge in [0.15, 0.2) is 23.0 Å². The second kappa shape index (κ2) is 44.8. The van der Waals surface area contributed by atoms with Crippen LogP contribution in [0.15, 0.2) is 201 Å². The van der Waals surface area contributed by atoms with Crippen LogP contribution in [0.5, 0.6) is 34.5 Å². The molecule has 0 radical (unpaired) electrons. The number of anilines is 7. The Hall–Kier alpha value is -11.2. The van der Waals surface area contributed by atoms with Crippen molar-refractivity contribution in [3.63, 3.8) is 0 Å². The molecule has 5 aliphatic heterocycles. The number of benzene rings is 7. The van der Waals surface area contributed by atoms with E-state index in [1.807, 2.05) is 175 Å². The molecular formula is C94H105Cl5N16O11. The molecular weight excluding hydrogens is 1710 g/mol. The summed E-state index contributed by atoms with van der Waals surface area (Å²) in [6, 6.07) is 57.2. The van der Waals surface area contributed by atoms with Gasteiger partial charge in [0.1, 0.15) is 52.1 Å². The monoisotopic (exact) mass is 1810 g/mol. The van der Waals surface area contributed by atoms with Crippen LogP contribution in [0.3, 0.4) is 0 Å². The van der Waals surface area contributed by atoms with Gasteiger partial charge in [-0.2, -0.15) is 0 Å². The molecule has 0 bridgehead atoms. The second-order valence-electron chi connectivity index (χ2n) is 30.4. The first kappa shape index (κ1) is 92.5. The fourth-order valence-electron chi connectivity index (χ4n) is 16.2. The van der Waals surface area contributed by atoms with Crippen LogP contribution < -0.4 is 64.4 Å². The van der Waals surface area contributed by atoms with Crippen molar-refractivity contribution >= 4 is 153 Å². The van der Waals surface area contributed by atoms with E-state index in [4.69, 9.17) is 102 Å². The number of nitrogens with one attached hydrogen (secondary N) is 2. The molecule has 0 unspecified atom stereocenters. The number of nitrogens with zero attached hydrogens (tertiary/aromatic N) is 13. The van der Waals surface area contributed by atoms with Gasteiger partial charge in [0.05, 0.1) is 172 Å². The average molecular weight is 1810 g/mol. The number of aliphatic hydroxyl groups excluding tert-OH is 5. The fourth-order valence-corrected chi connectivity index (χ4v) is 17.5. The molecule has 126 heavy (non-hydrogen) atoms. The molecule has 5 saturated heterocycles. The van der Waals surface area contributed by atoms with E-state index in [0.717, 1.165) is 195 Å². The summed E-state index contributed by atoms with van der Waals surface area (Å²) in [4.78, 5) is 39.9. The molecule has 0 aliphatic carbocycles. The average Bonchev–Trinajstić information content (AvgIpc) is 1.56. The highest BCUT2D eigenvalue weighted by molar-refractivity contribution is 6.38. The number of imidazole rings is 2. The third-order valence-electron chi connectivity index (χ3n) is 22.6. The van der Waals surface area contributed by atoms with Crippen molar-refractivity contribution in [1.82, 2.24) is 49.3 Å². The molecule has 5 fully saturated rings. The van der Waals surface area contributed by atoms with E-state index in [0.29, 0.717) is 74.1 Å². The van der Waals surface area contributed by atoms with Crippen LogP contribution >= 0.6 is 58.0 Å². The Morgan fingerprint density at radius 2 is 0.754 bits per heavy atom. The summed E-state index contributed by atoms with van der Waals surface area (Å²) in [5.41, 5.74) is 13.7. The van der Waals surface area contributed by atoms with Crippen molar-refractivity contribution in [3.8, 4) is 45.9 Å². The zero-order valence-corrected chi connectivity index (χ0v) is 74.8. The highest BCUT2D eigenvalue weighted by Gasteiger charge is 2.31. The van der Waals surface area contributed by atoms with E-state index >= 15 is 0 Å². The largest absolute Gasteiger partial charge is 0.493 e. The number of pyridine rings is 5. The number of hydrogen-bond acceptors (Lipinski definition) is 25. The van der Waals surface area contributed by atoms with Crippen LogP contribution in [-0.4, -0.2) is 208 Å². The number of methoxy groups -OCH3 is 6. The number of aromatic nitrogens is 9. The molecule has 14 aromatic rings. The van der Waals surface area contributed by atoms with Crippen molar-refractivity contribution in [2.24, 2.45) is 0 Å². The minimum absolute atomic E-state index is 0.0933. The Bertz CT molecular complexity index is 5790. The fraction of sp³-hybridized carbons (Fsp3) is 0.330. The molecule has 7 aromatic carbocycles. The van der Waals surface area contributed by atoms with E-state index in [1.54, 1.807) is 72.1 Å². The topological polar surface area (TPSA) is 320 Å². The number of para-hydroxylation sites is 5. The molecule has 27 nitrogen and oxygen atoms in total. The third kappa shape index (κ3) is 22.4. The number of fused-ring (bicyclic) bond motifs is 5. The van der Waals surface area contributed by atoms with Gasteiger partial charge < -0.3 is 99.1 Å². The lowest BCUT2D eigenvalue weighted by atomic mass is 10.1. The summed E-state index contributed by atoms with van der Waals surface area (Å²) in [6.07, 6.45) is 17.7. The summed E-state index contributed by atoms with van der Waals surface area (Å²) >= 11 is 30.4. The van der Waals surface area contributed by atoms with Crippen LogP contribution in [0, 0.1) is 0 Å². The van der Waals surface area contributed by atoms with Crippen LogP contribution in [0.2, 0.25) is 25.4 Å². The highest BCUT2D eigenvalue weighted by atomic mass is 35.5. The van der Waals surface area contributed by atoms with E-state index < -0.39 is 0 Å². The van der Waals surface area contributed by atoms with Gasteiger partial charge in [0.25, 0.3) is 0 Å². The van der Waals surface area contributed by atoms with Gasteiger partial charge >= 0.3 is 0 Å². The number of rotatable bonds is 19. The minimum Gasteiger partial charge on any atom is -0.493 e. The first-order valence-corrected chi connectivity index (χ1v) is 43.6. The predicted octanol–water partition coefficient (Wildman–Crippen LogP) is 17.5. The molecule has 5 atom stereocenters. The molecule has 7 aromatic heterocycles. The lowest BCUT2D eigenvalue weighted by Gasteiger charge is -2.26. The standard InChI is InChI=1S/C26H29N5O4.3C14H15ClN2O.C12H15N3O3.C9H5Cl2N.C5H11NO/c1-33-22-11-18(12-23(34-2)26(22)35-3)30-14-24(27-16-30)28-21-13-25(31-10-6-7-17(31)15-32)29-20-9-5-4-8-19(20)21;2*15-12-8-14(17-7-3-4-10(17)9-18)16-13-6-2-1-5-11(12)13;15-14-8-13(17-7-3-4-10(17)9-18)11-5-1-2-6-12(11)16-14;1-16-9-4-8(15-6-11(13)14-7-15)5-10(17-2)12(9)18-3;10-7-5-9(11)12-8-4-2-1-3-6(7)8;7-4-5-2-1-3-6-5/h4-5,8-9,11-14,16-17,32H,6-7,10,15H2,1-3H3,(H,28,29);3*1-2,5-6,8,10,18H,3-4,7,9H2;4-7H,13H2,1-3H3;1-5H;5-7H,1-4H2/t17-;3*10-;;;5-/m0000..0/s1. The summed E-state index contributed by atoms with van der Waals surface area (Å²) < 4.78 is 35.9. The Kier molecular flexibility index (Phi) is 32.9. The van der Waals surface area contributed by atoms with E-state index in [1.165, 1.54) is 6.42 Å². The van der Waals surface area contributed by atoms with E-state index in [-0.39, 0.29) is 50.6 Å². The van der Waals surface area contributed by atoms with Gasteiger partial charge in [-0.1, -0.05) is 149 Å².